The van der Waals surface area contributed by atoms with Crippen LogP contribution in [0.3, 0.4) is 0 Å². The Bertz CT molecular complexity index is 1160. The number of allylic oxidation sites excluding steroid dienone is 2. The summed E-state index contributed by atoms with van der Waals surface area (Å²) in [7, 11) is 1.32. The molecule has 2 aromatic carbocycles. The zero-order valence-electron chi connectivity index (χ0n) is 18.1. The Hall–Kier alpha value is -3.87. The van der Waals surface area contributed by atoms with E-state index in [2.05, 4.69) is 5.32 Å². The Labute approximate surface area is 185 Å². The standard InChI is InChI=1S/C25H23NO6/c1-4-31-19(27)13-32-16-11-9-15(10-12-16)21-20(25(29)30-3)14(2)26-23-17-7-5-6-8-18(17)24(28)22(21)23/h5-12,21,26H,4,13H2,1-3H3. The topological polar surface area (TPSA) is 90.9 Å². The van der Waals surface area contributed by atoms with E-state index in [1.807, 2.05) is 18.2 Å². The molecule has 2 aliphatic rings. The van der Waals surface area contributed by atoms with Gasteiger partial charge < -0.3 is 19.5 Å². The highest BCUT2D eigenvalue weighted by Crippen LogP contribution is 2.46. The van der Waals surface area contributed by atoms with Crippen LogP contribution in [-0.2, 0) is 19.1 Å². The first-order valence-corrected chi connectivity index (χ1v) is 10.3. The van der Waals surface area contributed by atoms with Gasteiger partial charge in [0.15, 0.2) is 12.4 Å². The number of fused-ring (bicyclic) bond motifs is 2. The van der Waals surface area contributed by atoms with Crippen molar-refractivity contribution < 1.29 is 28.6 Å². The highest BCUT2D eigenvalue weighted by Gasteiger charge is 2.42. The van der Waals surface area contributed by atoms with Crippen molar-refractivity contribution in [3.63, 3.8) is 0 Å². The van der Waals surface area contributed by atoms with Crippen LogP contribution in [0.5, 0.6) is 5.75 Å². The van der Waals surface area contributed by atoms with E-state index in [1.54, 1.807) is 44.2 Å². The zero-order valence-corrected chi connectivity index (χ0v) is 18.1. The third-order valence-corrected chi connectivity index (χ3v) is 5.53. The molecule has 4 rings (SSSR count). The molecule has 0 saturated carbocycles. The molecule has 0 bridgehead atoms. The van der Waals surface area contributed by atoms with Gasteiger partial charge in [0.25, 0.3) is 0 Å². The lowest BCUT2D eigenvalue weighted by Gasteiger charge is -2.29. The largest absolute Gasteiger partial charge is 0.482 e. The number of benzene rings is 2. The summed E-state index contributed by atoms with van der Waals surface area (Å²) in [5.41, 5.74) is 4.39. The van der Waals surface area contributed by atoms with Gasteiger partial charge in [-0.1, -0.05) is 36.4 Å². The van der Waals surface area contributed by atoms with Crippen molar-refractivity contribution in [1.29, 1.82) is 0 Å². The van der Waals surface area contributed by atoms with Gasteiger partial charge in [-0.3, -0.25) is 4.79 Å². The lowest BCUT2D eigenvalue weighted by Crippen LogP contribution is -2.29. The van der Waals surface area contributed by atoms with Crippen molar-refractivity contribution in [3.05, 3.63) is 82.1 Å². The number of esters is 2. The average molecular weight is 433 g/mol. The fourth-order valence-corrected chi connectivity index (χ4v) is 4.14. The first-order chi connectivity index (χ1) is 15.5. The van der Waals surface area contributed by atoms with Gasteiger partial charge in [0.05, 0.1) is 25.0 Å². The number of ether oxygens (including phenoxy) is 3. The summed E-state index contributed by atoms with van der Waals surface area (Å²) >= 11 is 0. The molecule has 1 unspecified atom stereocenters. The van der Waals surface area contributed by atoms with Crippen LogP contribution in [0, 0.1) is 0 Å². The molecule has 1 heterocycles. The molecular formula is C25H23NO6. The van der Waals surface area contributed by atoms with E-state index in [1.165, 1.54) is 7.11 Å². The third kappa shape index (κ3) is 3.66. The molecular weight excluding hydrogens is 410 g/mol. The summed E-state index contributed by atoms with van der Waals surface area (Å²) in [5.74, 6) is -1.20. The number of carbonyl (C=O) groups excluding carboxylic acids is 3. The van der Waals surface area contributed by atoms with E-state index in [-0.39, 0.29) is 19.0 Å². The maximum absolute atomic E-state index is 13.3. The molecule has 7 nitrogen and oxygen atoms in total. The minimum absolute atomic E-state index is 0.121. The van der Waals surface area contributed by atoms with E-state index in [4.69, 9.17) is 14.2 Å². The van der Waals surface area contributed by atoms with E-state index < -0.39 is 17.9 Å². The molecule has 0 radical (unpaired) electrons. The van der Waals surface area contributed by atoms with Crippen molar-refractivity contribution in [3.8, 4) is 5.75 Å². The molecule has 0 spiro atoms. The Morgan fingerprint density at radius 2 is 1.72 bits per heavy atom. The van der Waals surface area contributed by atoms with Crippen LogP contribution in [0.15, 0.2) is 65.4 Å². The van der Waals surface area contributed by atoms with Crippen LogP contribution in [0.4, 0.5) is 0 Å². The number of hydrogen-bond donors (Lipinski definition) is 1. The second-order valence-corrected chi connectivity index (χ2v) is 7.41. The predicted molar refractivity (Wildman–Crippen MR) is 117 cm³/mol. The smallest absolute Gasteiger partial charge is 0.344 e. The molecule has 1 aliphatic carbocycles. The zero-order chi connectivity index (χ0) is 22.8. The number of rotatable bonds is 6. The highest BCUT2D eigenvalue weighted by atomic mass is 16.6. The maximum Gasteiger partial charge on any atom is 0.344 e. The summed E-state index contributed by atoms with van der Waals surface area (Å²) in [6.07, 6.45) is 0. The summed E-state index contributed by atoms with van der Waals surface area (Å²) in [5, 5.41) is 3.25. The molecule has 0 aromatic heterocycles. The van der Waals surface area contributed by atoms with E-state index in [0.29, 0.717) is 33.9 Å². The minimum Gasteiger partial charge on any atom is -0.482 e. The number of methoxy groups -OCH3 is 1. The van der Waals surface area contributed by atoms with Gasteiger partial charge in [-0.2, -0.15) is 0 Å². The molecule has 0 saturated heterocycles. The molecule has 2 aromatic rings. The van der Waals surface area contributed by atoms with Gasteiger partial charge >= 0.3 is 11.9 Å². The monoisotopic (exact) mass is 433 g/mol. The summed E-state index contributed by atoms with van der Waals surface area (Å²) in [4.78, 5) is 37.6. The number of carbonyl (C=O) groups is 3. The fraction of sp³-hybridized carbons (Fsp3) is 0.240. The highest BCUT2D eigenvalue weighted by molar-refractivity contribution is 6.23. The summed E-state index contributed by atoms with van der Waals surface area (Å²) in [6.45, 7) is 3.61. The van der Waals surface area contributed by atoms with Gasteiger partial charge in [-0.05, 0) is 31.5 Å². The lowest BCUT2D eigenvalue weighted by molar-refractivity contribution is -0.145. The molecule has 1 atom stereocenters. The Balaban J connectivity index is 1.72. The van der Waals surface area contributed by atoms with E-state index in [0.717, 1.165) is 11.1 Å². The van der Waals surface area contributed by atoms with Gasteiger partial charge in [-0.25, -0.2) is 9.59 Å². The quantitative estimate of drug-likeness (QED) is 0.699. The fourth-order valence-electron chi connectivity index (χ4n) is 4.14. The molecule has 1 N–H and O–H groups in total. The molecule has 0 fully saturated rings. The van der Waals surface area contributed by atoms with E-state index in [9.17, 15) is 14.4 Å². The minimum atomic E-state index is -0.599. The third-order valence-electron chi connectivity index (χ3n) is 5.53. The van der Waals surface area contributed by atoms with Crippen molar-refractivity contribution in [2.45, 2.75) is 19.8 Å². The van der Waals surface area contributed by atoms with Crippen molar-refractivity contribution in [2.24, 2.45) is 0 Å². The van der Waals surface area contributed by atoms with Crippen LogP contribution >= 0.6 is 0 Å². The number of hydrogen-bond acceptors (Lipinski definition) is 7. The number of Topliss-reactive ketones (excluding diaryl/α,β-unsaturated/α-hetero) is 1. The van der Waals surface area contributed by atoms with Crippen LogP contribution in [0.2, 0.25) is 0 Å². The summed E-state index contributed by atoms with van der Waals surface area (Å²) < 4.78 is 15.4. The first-order valence-electron chi connectivity index (χ1n) is 10.3. The normalized spacial score (nSPS) is 16.8. The van der Waals surface area contributed by atoms with Gasteiger partial charge in [0, 0.05) is 28.3 Å². The van der Waals surface area contributed by atoms with Gasteiger partial charge in [-0.15, -0.1) is 0 Å². The molecule has 1 aliphatic heterocycles. The van der Waals surface area contributed by atoms with Gasteiger partial charge in [0.1, 0.15) is 5.75 Å². The second kappa shape index (κ2) is 8.70. The lowest BCUT2D eigenvalue weighted by atomic mass is 9.80. The predicted octanol–water partition coefficient (Wildman–Crippen LogP) is 3.37. The molecule has 32 heavy (non-hydrogen) atoms. The first kappa shape index (κ1) is 21.4. The van der Waals surface area contributed by atoms with Crippen LogP contribution in [0.25, 0.3) is 5.70 Å². The molecule has 0 amide bonds. The van der Waals surface area contributed by atoms with Crippen LogP contribution < -0.4 is 10.1 Å². The SMILES string of the molecule is CCOC(=O)COc1ccc(C2C(C(=O)OC)=C(C)NC3=C2C(=O)c2ccccc23)cc1. The van der Waals surface area contributed by atoms with Crippen molar-refractivity contribution in [2.75, 3.05) is 20.3 Å². The summed E-state index contributed by atoms with van der Waals surface area (Å²) in [6, 6.07) is 14.4. The number of ketones is 1. The van der Waals surface area contributed by atoms with Crippen LogP contribution in [0.1, 0.15) is 41.3 Å². The molecule has 7 heteroatoms. The Morgan fingerprint density at radius 3 is 2.38 bits per heavy atom. The van der Waals surface area contributed by atoms with Crippen molar-refractivity contribution >= 4 is 23.4 Å². The van der Waals surface area contributed by atoms with Gasteiger partial charge in [0.2, 0.25) is 0 Å². The maximum atomic E-state index is 13.3. The average Bonchev–Trinajstić information content (AvgIpc) is 3.08. The number of nitrogens with one attached hydrogen (secondary N) is 1. The Morgan fingerprint density at radius 1 is 1.03 bits per heavy atom. The molecule has 164 valence electrons. The van der Waals surface area contributed by atoms with Crippen molar-refractivity contribution in [1.82, 2.24) is 5.32 Å². The second-order valence-electron chi connectivity index (χ2n) is 7.41. The number of dihydropyridines is 1. The van der Waals surface area contributed by atoms with Crippen LogP contribution in [-0.4, -0.2) is 38.0 Å². The Kier molecular flexibility index (Phi) is 5.81. The van der Waals surface area contributed by atoms with E-state index >= 15 is 0 Å².